The van der Waals surface area contributed by atoms with E-state index in [1.54, 1.807) is 10.8 Å². The number of fused-ring (bicyclic) bond motifs is 2. The number of aromatic nitrogens is 8. The van der Waals surface area contributed by atoms with Crippen LogP contribution in [-0.2, 0) is 6.42 Å². The Morgan fingerprint density at radius 2 is 2.20 bits per heavy atom. The van der Waals surface area contributed by atoms with Crippen LogP contribution in [0.25, 0.3) is 16.0 Å². The van der Waals surface area contributed by atoms with Crippen LogP contribution in [0.2, 0.25) is 0 Å². The lowest BCUT2D eigenvalue weighted by molar-refractivity contribution is 0.895. The van der Waals surface area contributed by atoms with E-state index >= 15 is 0 Å². The summed E-state index contributed by atoms with van der Waals surface area (Å²) in [5.41, 5.74) is 1.54. The van der Waals surface area contributed by atoms with Crippen LogP contribution < -0.4 is 0 Å². The van der Waals surface area contributed by atoms with Gasteiger partial charge in [-0.2, -0.15) is 14.7 Å². The zero-order chi connectivity index (χ0) is 13.7. The molecule has 0 bridgehead atoms. The standard InChI is InChI=1S/C9H6N8S3/c18-7-5-3(13-14-6(5)11-8(19)12-7)1-4-16-17-2-10-15-9(17)20-4/h2H,1H2,(H3,11,12,13,14,18,19). The van der Waals surface area contributed by atoms with E-state index in [4.69, 9.17) is 24.4 Å². The molecule has 3 N–H and O–H groups in total. The van der Waals surface area contributed by atoms with Crippen LogP contribution in [0, 0.1) is 9.41 Å². The van der Waals surface area contributed by atoms with Crippen LogP contribution in [0.4, 0.5) is 0 Å². The first-order chi connectivity index (χ1) is 9.70. The van der Waals surface area contributed by atoms with Gasteiger partial charge in [0.15, 0.2) is 10.4 Å². The molecule has 0 atom stereocenters. The fourth-order valence-corrected chi connectivity index (χ4v) is 3.38. The Kier molecular flexibility index (Phi) is 2.52. The second kappa shape index (κ2) is 4.26. The lowest BCUT2D eigenvalue weighted by Gasteiger charge is -1.94. The van der Waals surface area contributed by atoms with Crippen molar-refractivity contribution in [3.8, 4) is 0 Å². The normalized spacial score (nSPS) is 11.6. The molecule has 0 saturated carbocycles. The maximum atomic E-state index is 5.30. The molecule has 0 fully saturated rings. The topological polar surface area (TPSA) is 103 Å². The largest absolute Gasteiger partial charge is 0.323 e. The molecular weight excluding hydrogens is 316 g/mol. The van der Waals surface area contributed by atoms with Crippen molar-refractivity contribution in [1.82, 2.24) is 40.0 Å². The van der Waals surface area contributed by atoms with Gasteiger partial charge in [-0.1, -0.05) is 23.6 Å². The van der Waals surface area contributed by atoms with E-state index in [9.17, 15) is 0 Å². The molecule has 0 aliphatic rings. The van der Waals surface area contributed by atoms with Crippen molar-refractivity contribution in [3.63, 3.8) is 0 Å². The Morgan fingerprint density at radius 3 is 3.05 bits per heavy atom. The fraction of sp³-hybridized carbons (Fsp3) is 0.111. The van der Waals surface area contributed by atoms with Gasteiger partial charge in [-0.05, 0) is 12.2 Å². The number of rotatable bonds is 2. The molecule has 8 nitrogen and oxygen atoms in total. The van der Waals surface area contributed by atoms with Gasteiger partial charge in [0.2, 0.25) is 4.96 Å². The Bertz CT molecular complexity index is 1000. The molecule has 0 aromatic carbocycles. The summed E-state index contributed by atoms with van der Waals surface area (Å²) in [4.78, 5) is 6.64. The number of H-pyrrole nitrogens is 3. The molecule has 4 aromatic heterocycles. The van der Waals surface area contributed by atoms with Crippen LogP contribution in [0.1, 0.15) is 10.7 Å². The SMILES string of the molecule is S=c1[nH]c(=S)c2c(Cc3nn4cnnc4s3)[nH]nc2[nH]1. The zero-order valence-electron chi connectivity index (χ0n) is 9.75. The molecule has 0 aliphatic heterocycles. The predicted octanol–water partition coefficient (Wildman–Crippen LogP) is 1.77. The van der Waals surface area contributed by atoms with Gasteiger partial charge in [-0.3, -0.25) is 5.10 Å². The highest BCUT2D eigenvalue weighted by molar-refractivity contribution is 7.72. The molecule has 4 rings (SSSR count). The Labute approximate surface area is 124 Å². The van der Waals surface area contributed by atoms with Crippen molar-refractivity contribution in [2.75, 3.05) is 0 Å². The molecule has 0 spiro atoms. The van der Waals surface area contributed by atoms with Crippen molar-refractivity contribution in [2.24, 2.45) is 0 Å². The van der Waals surface area contributed by atoms with E-state index in [2.05, 4.69) is 35.5 Å². The highest BCUT2D eigenvalue weighted by atomic mass is 32.1. The van der Waals surface area contributed by atoms with Crippen molar-refractivity contribution in [3.05, 3.63) is 26.4 Å². The third-order valence-electron chi connectivity index (χ3n) is 2.78. The summed E-state index contributed by atoms with van der Waals surface area (Å²) in [6.45, 7) is 0. The smallest absolute Gasteiger partial charge is 0.234 e. The van der Waals surface area contributed by atoms with Gasteiger partial charge in [-0.15, -0.1) is 10.2 Å². The summed E-state index contributed by atoms with van der Waals surface area (Å²) in [7, 11) is 0. The number of nitrogens with one attached hydrogen (secondary N) is 3. The Morgan fingerprint density at radius 1 is 1.30 bits per heavy atom. The second-order valence-corrected chi connectivity index (χ2v) is 5.92. The lowest BCUT2D eigenvalue weighted by atomic mass is 10.2. The zero-order valence-corrected chi connectivity index (χ0v) is 12.2. The minimum absolute atomic E-state index is 0.458. The van der Waals surface area contributed by atoms with E-state index in [-0.39, 0.29) is 0 Å². The number of hydrogen-bond acceptors (Lipinski definition) is 7. The van der Waals surface area contributed by atoms with Crippen molar-refractivity contribution in [2.45, 2.75) is 6.42 Å². The minimum atomic E-state index is 0.458. The summed E-state index contributed by atoms with van der Waals surface area (Å²) in [5, 5.41) is 21.0. The number of hydrogen-bond donors (Lipinski definition) is 3. The highest BCUT2D eigenvalue weighted by Gasteiger charge is 2.12. The van der Waals surface area contributed by atoms with Crippen LogP contribution in [-0.4, -0.2) is 40.0 Å². The molecule has 0 amide bonds. The lowest BCUT2D eigenvalue weighted by Crippen LogP contribution is -1.92. The van der Waals surface area contributed by atoms with Gasteiger partial charge in [0, 0.05) is 6.42 Å². The Hall–Kier alpha value is -1.98. The molecule has 11 heteroatoms. The van der Waals surface area contributed by atoms with Gasteiger partial charge in [0.25, 0.3) is 0 Å². The second-order valence-electron chi connectivity index (χ2n) is 4.06. The molecule has 0 aliphatic carbocycles. The summed E-state index contributed by atoms with van der Waals surface area (Å²) >= 11 is 11.8. The van der Waals surface area contributed by atoms with Crippen molar-refractivity contribution >= 4 is 51.8 Å². The highest BCUT2D eigenvalue weighted by Crippen LogP contribution is 2.20. The quantitative estimate of drug-likeness (QED) is 0.486. The molecular formula is C9H6N8S3. The van der Waals surface area contributed by atoms with Crippen LogP contribution in [0.15, 0.2) is 6.33 Å². The molecule has 0 unspecified atom stereocenters. The van der Waals surface area contributed by atoms with Crippen molar-refractivity contribution in [1.29, 1.82) is 0 Å². The maximum Gasteiger partial charge on any atom is 0.234 e. The van der Waals surface area contributed by atoms with E-state index in [0.29, 0.717) is 21.5 Å². The first-order valence-corrected chi connectivity index (χ1v) is 7.19. The molecule has 0 radical (unpaired) electrons. The predicted molar refractivity (Wildman–Crippen MR) is 77.9 cm³/mol. The van der Waals surface area contributed by atoms with Crippen molar-refractivity contribution < 1.29 is 0 Å². The first-order valence-electron chi connectivity index (χ1n) is 5.56. The first kappa shape index (κ1) is 11.8. The monoisotopic (exact) mass is 322 g/mol. The molecule has 100 valence electrons. The third-order valence-corrected chi connectivity index (χ3v) is 4.21. The molecule has 20 heavy (non-hydrogen) atoms. The number of nitrogens with zero attached hydrogens (tertiary/aromatic N) is 5. The van der Waals surface area contributed by atoms with E-state index < -0.39 is 0 Å². The fourth-order valence-electron chi connectivity index (χ4n) is 1.97. The number of aromatic amines is 3. The van der Waals surface area contributed by atoms with Crippen LogP contribution >= 0.6 is 35.8 Å². The van der Waals surface area contributed by atoms with Crippen LogP contribution in [0.3, 0.4) is 0 Å². The third kappa shape index (κ3) is 1.78. The van der Waals surface area contributed by atoms with Gasteiger partial charge < -0.3 is 9.97 Å². The van der Waals surface area contributed by atoms with E-state index in [0.717, 1.165) is 21.0 Å². The van der Waals surface area contributed by atoms with Gasteiger partial charge in [-0.25, -0.2) is 0 Å². The van der Waals surface area contributed by atoms with Crippen LogP contribution in [0.5, 0.6) is 0 Å². The van der Waals surface area contributed by atoms with E-state index in [1.165, 1.54) is 11.3 Å². The minimum Gasteiger partial charge on any atom is -0.323 e. The summed E-state index contributed by atoms with van der Waals surface area (Å²) in [5.74, 6) is 0. The van der Waals surface area contributed by atoms with Gasteiger partial charge in [0.05, 0.1) is 11.1 Å². The molecule has 4 heterocycles. The van der Waals surface area contributed by atoms with Gasteiger partial charge in [0.1, 0.15) is 16.0 Å². The average molecular weight is 322 g/mol. The Balaban J connectivity index is 1.84. The van der Waals surface area contributed by atoms with E-state index in [1.807, 2.05) is 0 Å². The molecule has 0 saturated heterocycles. The van der Waals surface area contributed by atoms with Gasteiger partial charge >= 0.3 is 0 Å². The summed E-state index contributed by atoms with van der Waals surface area (Å²) < 4.78 is 2.67. The summed E-state index contributed by atoms with van der Waals surface area (Å²) in [6, 6.07) is 0. The summed E-state index contributed by atoms with van der Waals surface area (Å²) in [6.07, 6.45) is 2.16. The molecule has 4 aromatic rings. The average Bonchev–Trinajstić information content (AvgIpc) is 3.03. The maximum absolute atomic E-state index is 5.30.